The van der Waals surface area contributed by atoms with E-state index in [1.165, 1.54) is 0 Å². The number of carbonyl (C=O) groups is 1. The summed E-state index contributed by atoms with van der Waals surface area (Å²) < 4.78 is 0. The zero-order valence-corrected chi connectivity index (χ0v) is 11.3. The Morgan fingerprint density at radius 2 is 2.42 bits per heavy atom. The fourth-order valence-corrected chi connectivity index (χ4v) is 3.19. The van der Waals surface area contributed by atoms with Gasteiger partial charge in [0.15, 0.2) is 5.84 Å². The monoisotopic (exact) mass is 279 g/mol. The normalized spacial score (nSPS) is 19.4. The lowest BCUT2D eigenvalue weighted by atomic mass is 10.1. The highest BCUT2D eigenvalue weighted by Crippen LogP contribution is 2.23. The quantitative estimate of drug-likeness (QED) is 0.334. The number of hydrogen-bond donors (Lipinski definition) is 3. The summed E-state index contributed by atoms with van der Waals surface area (Å²) in [6.07, 6.45) is 0.959. The van der Waals surface area contributed by atoms with E-state index in [1.807, 2.05) is 23.9 Å². The van der Waals surface area contributed by atoms with Gasteiger partial charge in [0.25, 0.3) is 0 Å². The summed E-state index contributed by atoms with van der Waals surface area (Å²) in [7, 11) is 0. The number of amidine groups is 1. The molecule has 0 saturated carbocycles. The zero-order valence-electron chi connectivity index (χ0n) is 10.5. The first-order valence-electron chi connectivity index (χ1n) is 6.13. The smallest absolute Gasteiger partial charge is 0.224 e. The van der Waals surface area contributed by atoms with Crippen molar-refractivity contribution in [2.45, 2.75) is 13.0 Å². The molecule has 1 aromatic rings. The van der Waals surface area contributed by atoms with Gasteiger partial charge in [0.1, 0.15) is 0 Å². The lowest BCUT2D eigenvalue weighted by Crippen LogP contribution is -2.30. The summed E-state index contributed by atoms with van der Waals surface area (Å²) in [5.74, 6) is 2.30. The molecule has 1 aliphatic rings. The molecule has 19 heavy (non-hydrogen) atoms. The number of nitrogens with zero attached hydrogens (tertiary/aromatic N) is 1. The molecule has 1 fully saturated rings. The molecule has 0 spiro atoms. The van der Waals surface area contributed by atoms with Gasteiger partial charge in [-0.15, -0.1) is 0 Å². The molecule has 1 atom stereocenters. The second kappa shape index (κ2) is 6.47. The highest BCUT2D eigenvalue weighted by atomic mass is 32.2. The SMILES string of the molecule is NC(=NO)c1cccc(CNC(=O)C2CCSC2)c1. The maximum absolute atomic E-state index is 11.9. The molecule has 0 aliphatic carbocycles. The molecule has 0 radical (unpaired) electrons. The van der Waals surface area contributed by atoms with Gasteiger partial charge in [0.2, 0.25) is 5.91 Å². The Morgan fingerprint density at radius 1 is 1.58 bits per heavy atom. The average Bonchev–Trinajstić information content (AvgIpc) is 2.98. The molecule has 1 amide bonds. The van der Waals surface area contributed by atoms with E-state index in [2.05, 4.69) is 10.5 Å². The average molecular weight is 279 g/mol. The Bertz CT molecular complexity index is 485. The maximum atomic E-state index is 11.9. The Morgan fingerprint density at radius 3 is 3.11 bits per heavy atom. The van der Waals surface area contributed by atoms with Crippen molar-refractivity contribution in [3.8, 4) is 0 Å². The van der Waals surface area contributed by atoms with E-state index in [1.54, 1.807) is 12.1 Å². The molecule has 1 saturated heterocycles. The molecule has 1 aliphatic heterocycles. The molecule has 0 bridgehead atoms. The van der Waals surface area contributed by atoms with Crippen LogP contribution in [0.3, 0.4) is 0 Å². The second-order valence-corrected chi connectivity index (χ2v) is 5.61. The van der Waals surface area contributed by atoms with Crippen molar-refractivity contribution < 1.29 is 10.0 Å². The molecular formula is C13H17N3O2S. The summed E-state index contributed by atoms with van der Waals surface area (Å²) in [6, 6.07) is 7.28. The van der Waals surface area contributed by atoms with Gasteiger partial charge < -0.3 is 16.3 Å². The van der Waals surface area contributed by atoms with Crippen LogP contribution in [0.15, 0.2) is 29.4 Å². The van der Waals surface area contributed by atoms with Crippen LogP contribution in [-0.4, -0.2) is 28.5 Å². The fourth-order valence-electron chi connectivity index (χ4n) is 1.97. The Hall–Kier alpha value is -1.69. The largest absolute Gasteiger partial charge is 0.409 e. The fraction of sp³-hybridized carbons (Fsp3) is 0.385. The number of thioether (sulfide) groups is 1. The molecule has 2 rings (SSSR count). The molecule has 6 heteroatoms. The van der Waals surface area contributed by atoms with Gasteiger partial charge in [-0.3, -0.25) is 4.79 Å². The van der Waals surface area contributed by atoms with Gasteiger partial charge >= 0.3 is 0 Å². The van der Waals surface area contributed by atoms with Gasteiger partial charge in [0.05, 0.1) is 0 Å². The molecule has 102 valence electrons. The summed E-state index contributed by atoms with van der Waals surface area (Å²) in [4.78, 5) is 11.9. The van der Waals surface area contributed by atoms with E-state index in [4.69, 9.17) is 10.9 Å². The molecule has 0 aromatic heterocycles. The number of oxime groups is 1. The number of hydrogen-bond acceptors (Lipinski definition) is 4. The summed E-state index contributed by atoms with van der Waals surface area (Å²) in [5.41, 5.74) is 7.11. The second-order valence-electron chi connectivity index (χ2n) is 4.46. The van der Waals surface area contributed by atoms with Crippen molar-refractivity contribution in [3.05, 3.63) is 35.4 Å². The predicted molar refractivity (Wildman–Crippen MR) is 76.2 cm³/mol. The molecular weight excluding hydrogens is 262 g/mol. The standard InChI is InChI=1S/C13H17N3O2S/c14-12(16-18)10-3-1-2-9(6-10)7-15-13(17)11-4-5-19-8-11/h1-3,6,11,18H,4-5,7-8H2,(H2,14,16)(H,15,17). The summed E-state index contributed by atoms with van der Waals surface area (Å²) in [5, 5.41) is 14.5. The number of carbonyl (C=O) groups excluding carboxylic acids is 1. The highest BCUT2D eigenvalue weighted by molar-refractivity contribution is 7.99. The van der Waals surface area contributed by atoms with E-state index in [0.717, 1.165) is 23.5 Å². The van der Waals surface area contributed by atoms with Crippen LogP contribution in [0.5, 0.6) is 0 Å². The van der Waals surface area contributed by atoms with E-state index < -0.39 is 0 Å². The Kier molecular flexibility index (Phi) is 4.68. The Labute approximate surface area is 116 Å². The Balaban J connectivity index is 1.94. The van der Waals surface area contributed by atoms with Gasteiger partial charge in [-0.1, -0.05) is 23.4 Å². The van der Waals surface area contributed by atoms with E-state index in [9.17, 15) is 4.79 Å². The first kappa shape index (κ1) is 13.7. The third kappa shape index (κ3) is 3.64. The van der Waals surface area contributed by atoms with Crippen LogP contribution in [0.25, 0.3) is 0 Å². The minimum atomic E-state index is 0.0698. The number of benzene rings is 1. The summed E-state index contributed by atoms with van der Waals surface area (Å²) >= 11 is 1.82. The summed E-state index contributed by atoms with van der Waals surface area (Å²) in [6.45, 7) is 0.465. The van der Waals surface area contributed by atoms with Crippen LogP contribution in [0.4, 0.5) is 0 Å². The topological polar surface area (TPSA) is 87.7 Å². The number of nitrogens with one attached hydrogen (secondary N) is 1. The minimum Gasteiger partial charge on any atom is -0.409 e. The lowest BCUT2D eigenvalue weighted by Gasteiger charge is -2.10. The third-order valence-corrected chi connectivity index (χ3v) is 4.26. The van der Waals surface area contributed by atoms with E-state index in [0.29, 0.717) is 12.1 Å². The number of rotatable bonds is 4. The first-order chi connectivity index (χ1) is 9.20. The van der Waals surface area contributed by atoms with Gasteiger partial charge in [0, 0.05) is 23.8 Å². The predicted octanol–water partition coefficient (Wildman–Crippen LogP) is 1.15. The molecule has 1 aromatic carbocycles. The molecule has 1 unspecified atom stereocenters. The van der Waals surface area contributed by atoms with Gasteiger partial charge in [-0.05, 0) is 23.8 Å². The number of nitrogens with two attached hydrogens (primary N) is 1. The van der Waals surface area contributed by atoms with Crippen molar-refractivity contribution in [2.24, 2.45) is 16.8 Å². The van der Waals surface area contributed by atoms with Crippen LogP contribution in [0.2, 0.25) is 0 Å². The van der Waals surface area contributed by atoms with Crippen LogP contribution >= 0.6 is 11.8 Å². The number of amides is 1. The molecule has 1 heterocycles. The van der Waals surface area contributed by atoms with Crippen molar-refractivity contribution >= 4 is 23.5 Å². The van der Waals surface area contributed by atoms with Crippen LogP contribution in [0.1, 0.15) is 17.5 Å². The first-order valence-corrected chi connectivity index (χ1v) is 7.28. The van der Waals surface area contributed by atoms with Crippen LogP contribution < -0.4 is 11.1 Å². The third-order valence-electron chi connectivity index (χ3n) is 3.10. The van der Waals surface area contributed by atoms with Crippen molar-refractivity contribution in [1.82, 2.24) is 5.32 Å². The van der Waals surface area contributed by atoms with Crippen molar-refractivity contribution in [2.75, 3.05) is 11.5 Å². The van der Waals surface area contributed by atoms with Crippen LogP contribution in [-0.2, 0) is 11.3 Å². The van der Waals surface area contributed by atoms with Gasteiger partial charge in [-0.25, -0.2) is 0 Å². The van der Waals surface area contributed by atoms with Crippen molar-refractivity contribution in [3.63, 3.8) is 0 Å². The van der Waals surface area contributed by atoms with Gasteiger partial charge in [-0.2, -0.15) is 11.8 Å². The van der Waals surface area contributed by atoms with E-state index >= 15 is 0 Å². The highest BCUT2D eigenvalue weighted by Gasteiger charge is 2.22. The van der Waals surface area contributed by atoms with Crippen molar-refractivity contribution in [1.29, 1.82) is 0 Å². The maximum Gasteiger partial charge on any atom is 0.224 e. The minimum absolute atomic E-state index is 0.0698. The molecule has 5 nitrogen and oxygen atoms in total. The van der Waals surface area contributed by atoms with E-state index in [-0.39, 0.29) is 17.7 Å². The zero-order chi connectivity index (χ0) is 13.7. The molecule has 4 N–H and O–H groups in total. The van der Waals surface area contributed by atoms with Crippen LogP contribution in [0, 0.1) is 5.92 Å². The lowest BCUT2D eigenvalue weighted by molar-refractivity contribution is -0.124.